The largest absolute Gasteiger partial charge is 0.478 e. The van der Waals surface area contributed by atoms with Gasteiger partial charge in [0, 0.05) is 38.6 Å². The van der Waals surface area contributed by atoms with Gasteiger partial charge in [-0.25, -0.2) is 4.79 Å². The van der Waals surface area contributed by atoms with Crippen LogP contribution in [0.25, 0.3) is 0 Å². The zero-order valence-corrected chi connectivity index (χ0v) is 15.0. The second kappa shape index (κ2) is 7.26. The van der Waals surface area contributed by atoms with E-state index in [0.29, 0.717) is 36.9 Å². The number of aliphatic carboxylic acids is 1. The maximum atomic E-state index is 12.6. The number of ether oxygens (including phenoxy) is 4. The molecule has 2 saturated heterocycles. The molecule has 3 aliphatic heterocycles. The molecule has 0 aromatic heterocycles. The zero-order chi connectivity index (χ0) is 18.9. The van der Waals surface area contributed by atoms with E-state index in [0.717, 1.165) is 19.3 Å². The highest BCUT2D eigenvalue weighted by Gasteiger charge is 2.46. The minimum atomic E-state index is -1.36. The maximum Gasteiger partial charge on any atom is 0.348 e. The smallest absolute Gasteiger partial charge is 0.348 e. The van der Waals surface area contributed by atoms with E-state index in [1.807, 2.05) is 0 Å². The molecule has 0 bridgehead atoms. The summed E-state index contributed by atoms with van der Waals surface area (Å²) in [6, 6.07) is 5.01. The number of hydrogen-bond acceptors (Lipinski definition) is 6. The van der Waals surface area contributed by atoms with Crippen LogP contribution >= 0.6 is 0 Å². The molecule has 0 saturated carbocycles. The molecule has 0 radical (unpaired) electrons. The Morgan fingerprint density at radius 3 is 2.63 bits per heavy atom. The van der Waals surface area contributed by atoms with Gasteiger partial charge in [0.05, 0.1) is 0 Å². The molecule has 0 spiro atoms. The first-order valence-corrected chi connectivity index (χ1v) is 9.30. The topological polar surface area (TPSA) is 94.5 Å². The highest BCUT2D eigenvalue weighted by atomic mass is 16.7. The summed E-state index contributed by atoms with van der Waals surface area (Å²) in [7, 11) is 0. The normalized spacial score (nSPS) is 23.7. The van der Waals surface area contributed by atoms with Gasteiger partial charge in [-0.05, 0) is 31.4 Å². The molecule has 146 valence electrons. The molecule has 27 heavy (non-hydrogen) atoms. The lowest BCUT2D eigenvalue weighted by Gasteiger charge is -2.40. The van der Waals surface area contributed by atoms with Crippen LogP contribution in [0.5, 0.6) is 17.2 Å². The van der Waals surface area contributed by atoms with E-state index in [4.69, 9.17) is 18.9 Å². The molecule has 1 aromatic carbocycles. The number of amides is 1. The SMILES string of the molecule is O=C(C1CCCCO1)N1CCC(Oc2ccc3c(c2)OCO3)(C(=O)O)CC1. The summed E-state index contributed by atoms with van der Waals surface area (Å²) in [5.41, 5.74) is -1.36. The van der Waals surface area contributed by atoms with Crippen molar-refractivity contribution in [3.05, 3.63) is 18.2 Å². The summed E-state index contributed by atoms with van der Waals surface area (Å²) in [5.74, 6) is 0.490. The van der Waals surface area contributed by atoms with Crippen molar-refractivity contribution in [2.75, 3.05) is 26.5 Å². The maximum absolute atomic E-state index is 12.6. The number of nitrogens with zero attached hydrogens (tertiary/aromatic N) is 1. The van der Waals surface area contributed by atoms with E-state index in [-0.39, 0.29) is 25.5 Å². The van der Waals surface area contributed by atoms with E-state index < -0.39 is 17.7 Å². The summed E-state index contributed by atoms with van der Waals surface area (Å²) < 4.78 is 22.0. The van der Waals surface area contributed by atoms with Gasteiger partial charge in [0.25, 0.3) is 5.91 Å². The van der Waals surface area contributed by atoms with Crippen molar-refractivity contribution >= 4 is 11.9 Å². The molecule has 1 N–H and O–H groups in total. The molecule has 3 heterocycles. The highest BCUT2D eigenvalue weighted by molar-refractivity contribution is 5.82. The molecule has 3 aliphatic rings. The molecule has 8 nitrogen and oxygen atoms in total. The molecule has 1 amide bonds. The number of rotatable bonds is 4. The van der Waals surface area contributed by atoms with E-state index in [1.165, 1.54) is 0 Å². The summed E-state index contributed by atoms with van der Waals surface area (Å²) in [6.07, 6.45) is 2.73. The number of piperidine rings is 1. The molecule has 1 unspecified atom stereocenters. The Balaban J connectivity index is 1.43. The Morgan fingerprint density at radius 2 is 1.93 bits per heavy atom. The van der Waals surface area contributed by atoms with Gasteiger partial charge < -0.3 is 29.0 Å². The van der Waals surface area contributed by atoms with E-state index >= 15 is 0 Å². The molecule has 1 atom stereocenters. The van der Waals surface area contributed by atoms with Crippen molar-refractivity contribution in [1.29, 1.82) is 0 Å². The fourth-order valence-corrected chi connectivity index (χ4v) is 3.75. The Kier molecular flexibility index (Phi) is 4.82. The van der Waals surface area contributed by atoms with Gasteiger partial charge in [-0.15, -0.1) is 0 Å². The van der Waals surface area contributed by atoms with Crippen molar-refractivity contribution in [2.24, 2.45) is 0 Å². The van der Waals surface area contributed by atoms with E-state index in [9.17, 15) is 14.7 Å². The summed E-state index contributed by atoms with van der Waals surface area (Å²) in [5, 5.41) is 9.81. The van der Waals surface area contributed by atoms with Crippen molar-refractivity contribution in [2.45, 2.75) is 43.8 Å². The lowest BCUT2D eigenvalue weighted by molar-refractivity contribution is -0.164. The fraction of sp³-hybridized carbons (Fsp3) is 0.579. The third kappa shape index (κ3) is 3.53. The number of fused-ring (bicyclic) bond motifs is 1. The Labute approximate surface area is 156 Å². The molecule has 1 aromatic rings. The lowest BCUT2D eigenvalue weighted by Crippen LogP contribution is -2.56. The minimum absolute atomic E-state index is 0.0447. The molecular formula is C19H23NO7. The van der Waals surface area contributed by atoms with Crippen LogP contribution in [0.4, 0.5) is 0 Å². The lowest BCUT2D eigenvalue weighted by atomic mass is 9.90. The van der Waals surface area contributed by atoms with Crippen LogP contribution in [-0.4, -0.2) is 60.1 Å². The van der Waals surface area contributed by atoms with Gasteiger partial charge in [-0.2, -0.15) is 0 Å². The van der Waals surface area contributed by atoms with Gasteiger partial charge in [0.15, 0.2) is 11.5 Å². The Bertz CT molecular complexity index is 721. The zero-order valence-electron chi connectivity index (χ0n) is 15.0. The number of carboxylic acids is 1. The van der Waals surface area contributed by atoms with Gasteiger partial charge in [0.2, 0.25) is 12.4 Å². The summed E-state index contributed by atoms with van der Waals surface area (Å²) in [6.45, 7) is 1.41. The predicted octanol–water partition coefficient (Wildman–Crippen LogP) is 1.81. The summed E-state index contributed by atoms with van der Waals surface area (Å²) in [4.78, 5) is 26.3. The van der Waals surface area contributed by atoms with Crippen LogP contribution in [0.2, 0.25) is 0 Å². The molecule has 0 aliphatic carbocycles. The Hall–Kier alpha value is -2.48. The molecule has 8 heteroatoms. The van der Waals surface area contributed by atoms with Crippen LogP contribution in [0.1, 0.15) is 32.1 Å². The Morgan fingerprint density at radius 1 is 1.15 bits per heavy atom. The third-order valence-electron chi connectivity index (χ3n) is 5.38. The van der Waals surface area contributed by atoms with Crippen LogP contribution in [0, 0.1) is 0 Å². The molecular weight excluding hydrogens is 354 g/mol. The number of carbonyl (C=O) groups is 2. The first-order chi connectivity index (χ1) is 13.1. The fourth-order valence-electron chi connectivity index (χ4n) is 3.75. The van der Waals surface area contributed by atoms with Crippen LogP contribution in [0.15, 0.2) is 18.2 Å². The van der Waals surface area contributed by atoms with Crippen molar-refractivity contribution < 1.29 is 33.6 Å². The number of carbonyl (C=O) groups excluding carboxylic acids is 1. The number of benzene rings is 1. The molecule has 4 rings (SSSR count). The molecule has 2 fully saturated rings. The first-order valence-electron chi connectivity index (χ1n) is 9.30. The van der Waals surface area contributed by atoms with Crippen molar-refractivity contribution in [1.82, 2.24) is 4.90 Å². The summed E-state index contributed by atoms with van der Waals surface area (Å²) >= 11 is 0. The van der Waals surface area contributed by atoms with E-state index in [2.05, 4.69) is 0 Å². The van der Waals surface area contributed by atoms with E-state index in [1.54, 1.807) is 23.1 Å². The number of hydrogen-bond donors (Lipinski definition) is 1. The van der Waals surface area contributed by atoms with Gasteiger partial charge >= 0.3 is 5.97 Å². The monoisotopic (exact) mass is 377 g/mol. The van der Waals surface area contributed by atoms with Gasteiger partial charge in [0.1, 0.15) is 11.9 Å². The second-order valence-electron chi connectivity index (χ2n) is 7.10. The average Bonchev–Trinajstić information content (AvgIpc) is 3.16. The standard InChI is InChI=1S/C19H23NO7/c21-17(15-3-1-2-10-24-15)20-8-6-19(7-9-20,18(22)23)27-13-4-5-14-16(11-13)26-12-25-14/h4-5,11,15H,1-3,6-10,12H2,(H,22,23). The first kappa shape index (κ1) is 17.9. The quantitative estimate of drug-likeness (QED) is 0.855. The van der Waals surface area contributed by atoms with Crippen LogP contribution in [-0.2, 0) is 14.3 Å². The number of carboxylic acid groups (broad SMARTS) is 1. The predicted molar refractivity (Wildman–Crippen MR) is 93.0 cm³/mol. The third-order valence-corrected chi connectivity index (χ3v) is 5.38. The van der Waals surface area contributed by atoms with Gasteiger partial charge in [-0.1, -0.05) is 0 Å². The van der Waals surface area contributed by atoms with Gasteiger partial charge in [-0.3, -0.25) is 4.79 Å². The van der Waals surface area contributed by atoms with Crippen LogP contribution < -0.4 is 14.2 Å². The highest BCUT2D eigenvalue weighted by Crippen LogP contribution is 2.38. The minimum Gasteiger partial charge on any atom is -0.478 e. The number of likely N-dealkylation sites (tertiary alicyclic amines) is 1. The average molecular weight is 377 g/mol. The van der Waals surface area contributed by atoms with Crippen LogP contribution in [0.3, 0.4) is 0 Å². The van der Waals surface area contributed by atoms with Crippen molar-refractivity contribution in [3.8, 4) is 17.2 Å². The second-order valence-corrected chi connectivity index (χ2v) is 7.10. The van der Waals surface area contributed by atoms with Crippen molar-refractivity contribution in [3.63, 3.8) is 0 Å².